The average molecular weight is 408 g/mol. The molecule has 5 nitrogen and oxygen atoms in total. The van der Waals surface area contributed by atoms with Gasteiger partial charge in [-0.15, -0.1) is 0 Å². The minimum absolute atomic E-state index is 0.420. The van der Waals surface area contributed by atoms with E-state index in [1.54, 1.807) is 31.2 Å². The smallest absolute Gasteiger partial charge is 0.346 e. The SMILES string of the molecule is COC(=O)[C@@H](C)Oc1ccc(Oc2nc3ccc(Br)cc3s2)cc1. The van der Waals surface area contributed by atoms with Crippen molar-refractivity contribution in [2.24, 2.45) is 0 Å². The number of carbonyl (C=O) groups is 1. The third kappa shape index (κ3) is 3.85. The van der Waals surface area contributed by atoms with Gasteiger partial charge in [0.25, 0.3) is 5.19 Å². The van der Waals surface area contributed by atoms with Gasteiger partial charge in [-0.2, -0.15) is 0 Å². The molecule has 1 atom stereocenters. The van der Waals surface area contributed by atoms with E-state index < -0.39 is 12.1 Å². The molecule has 0 aliphatic heterocycles. The highest BCUT2D eigenvalue weighted by molar-refractivity contribution is 9.10. The molecule has 3 aromatic rings. The van der Waals surface area contributed by atoms with Gasteiger partial charge in [0.2, 0.25) is 0 Å². The maximum absolute atomic E-state index is 11.4. The number of carbonyl (C=O) groups excluding carboxylic acids is 1. The number of thiazole rings is 1. The van der Waals surface area contributed by atoms with Crippen molar-refractivity contribution in [3.8, 4) is 16.7 Å². The van der Waals surface area contributed by atoms with Crippen molar-refractivity contribution >= 4 is 43.5 Å². The normalized spacial score (nSPS) is 12.0. The van der Waals surface area contributed by atoms with Gasteiger partial charge in [0.05, 0.1) is 17.3 Å². The van der Waals surface area contributed by atoms with Gasteiger partial charge >= 0.3 is 5.97 Å². The summed E-state index contributed by atoms with van der Waals surface area (Å²) in [6.07, 6.45) is -0.663. The van der Waals surface area contributed by atoms with Crippen molar-refractivity contribution in [1.82, 2.24) is 4.98 Å². The first-order valence-corrected chi connectivity index (χ1v) is 8.74. The number of aromatic nitrogens is 1. The summed E-state index contributed by atoms with van der Waals surface area (Å²) in [5.41, 5.74) is 0.894. The summed E-state index contributed by atoms with van der Waals surface area (Å²) in [6, 6.07) is 12.9. The second-order valence-electron chi connectivity index (χ2n) is 4.95. The topological polar surface area (TPSA) is 57.7 Å². The molecule has 0 aliphatic carbocycles. The molecule has 0 N–H and O–H groups in total. The standard InChI is InChI=1S/C17H14BrNO4S/c1-10(16(20)21-2)22-12-4-6-13(7-5-12)23-17-19-14-8-3-11(18)9-15(14)24-17/h3-10H,1-2H3/t10-/m1/s1. The van der Waals surface area contributed by atoms with E-state index in [0.717, 1.165) is 14.7 Å². The minimum Gasteiger partial charge on any atom is -0.479 e. The van der Waals surface area contributed by atoms with E-state index >= 15 is 0 Å². The van der Waals surface area contributed by atoms with Gasteiger partial charge in [0.1, 0.15) is 11.5 Å². The van der Waals surface area contributed by atoms with Crippen LogP contribution in [0.5, 0.6) is 16.7 Å². The maximum Gasteiger partial charge on any atom is 0.346 e. The Morgan fingerprint density at radius 1 is 1.17 bits per heavy atom. The van der Waals surface area contributed by atoms with Crippen LogP contribution in [0.3, 0.4) is 0 Å². The molecule has 0 unspecified atom stereocenters. The molecule has 0 radical (unpaired) electrons. The highest BCUT2D eigenvalue weighted by Gasteiger charge is 2.14. The molecule has 24 heavy (non-hydrogen) atoms. The average Bonchev–Trinajstić information content (AvgIpc) is 2.97. The van der Waals surface area contributed by atoms with Crippen LogP contribution in [0.1, 0.15) is 6.92 Å². The van der Waals surface area contributed by atoms with Gasteiger partial charge in [0.15, 0.2) is 6.10 Å². The number of benzene rings is 2. The van der Waals surface area contributed by atoms with E-state index in [4.69, 9.17) is 9.47 Å². The number of hydrogen-bond acceptors (Lipinski definition) is 6. The third-order valence-corrected chi connectivity index (χ3v) is 4.60. The van der Waals surface area contributed by atoms with Crippen LogP contribution in [-0.4, -0.2) is 24.2 Å². The largest absolute Gasteiger partial charge is 0.479 e. The number of ether oxygens (including phenoxy) is 3. The molecule has 7 heteroatoms. The number of methoxy groups -OCH3 is 1. The quantitative estimate of drug-likeness (QED) is 0.568. The van der Waals surface area contributed by atoms with Crippen molar-refractivity contribution in [2.75, 3.05) is 7.11 Å². The second kappa shape index (κ2) is 7.19. The molecular weight excluding hydrogens is 394 g/mol. The summed E-state index contributed by atoms with van der Waals surface area (Å²) >= 11 is 4.91. The summed E-state index contributed by atoms with van der Waals surface area (Å²) in [4.78, 5) is 15.8. The number of rotatable bonds is 5. The molecule has 0 spiro atoms. The number of halogens is 1. The van der Waals surface area contributed by atoms with Gasteiger partial charge < -0.3 is 14.2 Å². The summed E-state index contributed by atoms with van der Waals surface area (Å²) in [6.45, 7) is 1.63. The van der Waals surface area contributed by atoms with Gasteiger partial charge in [-0.1, -0.05) is 27.3 Å². The zero-order valence-corrected chi connectivity index (χ0v) is 15.4. The van der Waals surface area contributed by atoms with Crippen LogP contribution in [0, 0.1) is 0 Å². The van der Waals surface area contributed by atoms with Crippen LogP contribution in [0.4, 0.5) is 0 Å². The van der Waals surface area contributed by atoms with Crippen LogP contribution >= 0.6 is 27.3 Å². The van der Waals surface area contributed by atoms with Crippen molar-refractivity contribution in [2.45, 2.75) is 13.0 Å². The van der Waals surface area contributed by atoms with E-state index in [1.165, 1.54) is 18.4 Å². The zero-order chi connectivity index (χ0) is 17.1. The highest BCUT2D eigenvalue weighted by Crippen LogP contribution is 2.33. The first-order chi connectivity index (χ1) is 11.5. The predicted molar refractivity (Wildman–Crippen MR) is 95.9 cm³/mol. The predicted octanol–water partition coefficient (Wildman–Crippen LogP) is 4.79. The van der Waals surface area contributed by atoms with Crippen LogP contribution in [0.2, 0.25) is 0 Å². The number of nitrogens with zero attached hydrogens (tertiary/aromatic N) is 1. The molecule has 0 fully saturated rings. The van der Waals surface area contributed by atoms with Crippen LogP contribution in [-0.2, 0) is 9.53 Å². The number of hydrogen-bond donors (Lipinski definition) is 0. The van der Waals surface area contributed by atoms with Crippen molar-refractivity contribution in [3.63, 3.8) is 0 Å². The molecule has 124 valence electrons. The molecule has 0 aliphatic rings. The fourth-order valence-electron chi connectivity index (χ4n) is 2.03. The monoisotopic (exact) mass is 407 g/mol. The second-order valence-corrected chi connectivity index (χ2v) is 6.86. The van der Waals surface area contributed by atoms with Gasteiger partial charge in [-0.05, 0) is 49.4 Å². The summed E-state index contributed by atoms with van der Waals surface area (Å²) in [7, 11) is 1.33. The van der Waals surface area contributed by atoms with Gasteiger partial charge in [-0.25, -0.2) is 9.78 Å². The molecular formula is C17H14BrNO4S. The van der Waals surface area contributed by atoms with Crippen LogP contribution in [0.15, 0.2) is 46.9 Å². The van der Waals surface area contributed by atoms with E-state index in [-0.39, 0.29) is 0 Å². The first-order valence-electron chi connectivity index (χ1n) is 7.13. The first kappa shape index (κ1) is 16.7. The van der Waals surface area contributed by atoms with Crippen molar-refractivity contribution in [1.29, 1.82) is 0 Å². The van der Waals surface area contributed by atoms with E-state index in [1.807, 2.05) is 18.2 Å². The van der Waals surface area contributed by atoms with Crippen molar-refractivity contribution in [3.05, 3.63) is 46.9 Å². The molecule has 3 rings (SSSR count). The fourth-order valence-corrected chi connectivity index (χ4v) is 3.41. The highest BCUT2D eigenvalue weighted by atomic mass is 79.9. The fraction of sp³-hybridized carbons (Fsp3) is 0.176. The molecule has 2 aromatic carbocycles. The van der Waals surface area contributed by atoms with E-state index in [2.05, 4.69) is 25.7 Å². The molecule has 0 saturated heterocycles. The molecule has 0 amide bonds. The number of fused-ring (bicyclic) bond motifs is 1. The molecule has 1 aromatic heterocycles. The van der Waals surface area contributed by atoms with Crippen molar-refractivity contribution < 1.29 is 19.0 Å². The summed E-state index contributed by atoms with van der Waals surface area (Å²) in [5, 5.41) is 0.569. The van der Waals surface area contributed by atoms with Gasteiger partial charge in [0, 0.05) is 4.47 Å². The summed E-state index contributed by atoms with van der Waals surface area (Å²) < 4.78 is 17.9. The lowest BCUT2D eigenvalue weighted by Gasteiger charge is -2.12. The van der Waals surface area contributed by atoms with Crippen LogP contribution < -0.4 is 9.47 Å². The Hall–Kier alpha value is -2.12. The Morgan fingerprint density at radius 3 is 2.58 bits per heavy atom. The Labute approximate surface area is 151 Å². The van der Waals surface area contributed by atoms with E-state index in [0.29, 0.717) is 16.7 Å². The Morgan fingerprint density at radius 2 is 1.88 bits per heavy atom. The molecule has 1 heterocycles. The Balaban J connectivity index is 1.70. The van der Waals surface area contributed by atoms with E-state index in [9.17, 15) is 4.79 Å². The van der Waals surface area contributed by atoms with Crippen LogP contribution in [0.25, 0.3) is 10.2 Å². The molecule has 0 saturated carbocycles. The maximum atomic E-state index is 11.4. The lowest BCUT2D eigenvalue weighted by Crippen LogP contribution is -2.24. The lowest BCUT2D eigenvalue weighted by atomic mass is 10.3. The number of esters is 1. The summed E-state index contributed by atoms with van der Waals surface area (Å²) in [5.74, 6) is 0.788. The Bertz CT molecular complexity index is 863. The Kier molecular flexibility index (Phi) is 5.01. The molecule has 0 bridgehead atoms. The zero-order valence-electron chi connectivity index (χ0n) is 13.0. The third-order valence-electron chi connectivity index (χ3n) is 3.21. The van der Waals surface area contributed by atoms with Gasteiger partial charge in [-0.3, -0.25) is 0 Å². The minimum atomic E-state index is -0.663. The lowest BCUT2D eigenvalue weighted by molar-refractivity contribution is -0.147.